The van der Waals surface area contributed by atoms with Crippen LogP contribution in [0, 0.1) is 0 Å². The SMILES string of the molecule is CCCNC(=O)[C@H](C)Sc1ncc(-c2ccc(Cl)cc2)o1. The molecule has 1 aromatic heterocycles. The quantitative estimate of drug-likeness (QED) is 0.816. The Bertz CT molecular complexity index is 598. The summed E-state index contributed by atoms with van der Waals surface area (Å²) in [6, 6.07) is 7.34. The maximum absolute atomic E-state index is 11.8. The molecule has 0 spiro atoms. The van der Waals surface area contributed by atoms with Gasteiger partial charge in [0.25, 0.3) is 5.22 Å². The van der Waals surface area contributed by atoms with E-state index in [1.165, 1.54) is 11.8 Å². The molecule has 1 N–H and O–H groups in total. The normalized spacial score (nSPS) is 12.1. The molecule has 0 saturated carbocycles. The van der Waals surface area contributed by atoms with Crippen molar-refractivity contribution in [3.63, 3.8) is 0 Å². The van der Waals surface area contributed by atoms with E-state index in [0.717, 1.165) is 12.0 Å². The number of aromatic nitrogens is 1. The van der Waals surface area contributed by atoms with Gasteiger partial charge < -0.3 is 9.73 Å². The van der Waals surface area contributed by atoms with Crippen molar-refractivity contribution in [1.29, 1.82) is 0 Å². The van der Waals surface area contributed by atoms with Crippen molar-refractivity contribution in [2.45, 2.75) is 30.7 Å². The van der Waals surface area contributed by atoms with Crippen LogP contribution in [-0.4, -0.2) is 22.7 Å². The van der Waals surface area contributed by atoms with Gasteiger partial charge in [-0.2, -0.15) is 0 Å². The van der Waals surface area contributed by atoms with Gasteiger partial charge in [0.2, 0.25) is 5.91 Å². The van der Waals surface area contributed by atoms with Crippen molar-refractivity contribution < 1.29 is 9.21 Å². The van der Waals surface area contributed by atoms with Crippen LogP contribution in [0.2, 0.25) is 5.02 Å². The summed E-state index contributed by atoms with van der Waals surface area (Å²) in [5.74, 6) is 0.656. The van der Waals surface area contributed by atoms with E-state index in [2.05, 4.69) is 10.3 Å². The molecule has 0 aliphatic carbocycles. The van der Waals surface area contributed by atoms with E-state index in [-0.39, 0.29) is 11.2 Å². The van der Waals surface area contributed by atoms with Gasteiger partial charge in [-0.05, 0) is 37.6 Å². The highest BCUT2D eigenvalue weighted by Gasteiger charge is 2.17. The van der Waals surface area contributed by atoms with Gasteiger partial charge in [0.1, 0.15) is 0 Å². The molecular formula is C15H17ClN2O2S. The minimum atomic E-state index is -0.242. The van der Waals surface area contributed by atoms with Gasteiger partial charge in [-0.1, -0.05) is 30.3 Å². The fourth-order valence-corrected chi connectivity index (χ4v) is 2.53. The summed E-state index contributed by atoms with van der Waals surface area (Å²) in [7, 11) is 0. The van der Waals surface area contributed by atoms with E-state index >= 15 is 0 Å². The lowest BCUT2D eigenvalue weighted by molar-refractivity contribution is -0.120. The van der Waals surface area contributed by atoms with Crippen LogP contribution in [0.25, 0.3) is 11.3 Å². The molecule has 1 aromatic carbocycles. The Hall–Kier alpha value is -1.46. The van der Waals surface area contributed by atoms with E-state index in [9.17, 15) is 4.79 Å². The number of nitrogens with zero attached hydrogens (tertiary/aromatic N) is 1. The highest BCUT2D eigenvalue weighted by atomic mass is 35.5. The summed E-state index contributed by atoms with van der Waals surface area (Å²) in [6.07, 6.45) is 2.57. The first kappa shape index (κ1) is 15.9. The Morgan fingerprint density at radius 1 is 1.43 bits per heavy atom. The van der Waals surface area contributed by atoms with Crippen molar-refractivity contribution in [1.82, 2.24) is 10.3 Å². The van der Waals surface area contributed by atoms with Crippen molar-refractivity contribution in [3.05, 3.63) is 35.5 Å². The van der Waals surface area contributed by atoms with Gasteiger partial charge in [-0.15, -0.1) is 0 Å². The summed E-state index contributed by atoms with van der Waals surface area (Å²) < 4.78 is 5.66. The number of thioether (sulfide) groups is 1. The number of hydrogen-bond acceptors (Lipinski definition) is 4. The molecule has 0 aliphatic rings. The molecule has 0 radical (unpaired) electrons. The highest BCUT2D eigenvalue weighted by Crippen LogP contribution is 2.28. The lowest BCUT2D eigenvalue weighted by Crippen LogP contribution is -2.31. The lowest BCUT2D eigenvalue weighted by atomic mass is 10.2. The molecule has 2 aromatic rings. The fourth-order valence-electron chi connectivity index (χ4n) is 1.66. The predicted octanol–water partition coefficient (Wildman–Crippen LogP) is 4.00. The molecule has 1 amide bonds. The van der Waals surface area contributed by atoms with Crippen LogP contribution < -0.4 is 5.32 Å². The minimum Gasteiger partial charge on any atom is -0.431 e. The van der Waals surface area contributed by atoms with Crippen LogP contribution >= 0.6 is 23.4 Å². The van der Waals surface area contributed by atoms with Crippen LogP contribution in [0.4, 0.5) is 0 Å². The number of nitrogens with one attached hydrogen (secondary N) is 1. The molecule has 112 valence electrons. The summed E-state index contributed by atoms with van der Waals surface area (Å²) in [4.78, 5) is 16.0. The lowest BCUT2D eigenvalue weighted by Gasteiger charge is -2.08. The summed E-state index contributed by atoms with van der Waals surface area (Å²) in [6.45, 7) is 4.54. The molecule has 0 fully saturated rings. The smallest absolute Gasteiger partial charge is 0.256 e. The number of amides is 1. The number of rotatable bonds is 6. The van der Waals surface area contributed by atoms with Gasteiger partial charge in [-0.25, -0.2) is 4.98 Å². The largest absolute Gasteiger partial charge is 0.431 e. The monoisotopic (exact) mass is 324 g/mol. The molecule has 21 heavy (non-hydrogen) atoms. The number of benzene rings is 1. The first-order valence-corrected chi connectivity index (χ1v) is 8.02. The molecule has 1 atom stereocenters. The zero-order valence-electron chi connectivity index (χ0n) is 11.9. The van der Waals surface area contributed by atoms with Crippen molar-refractivity contribution in [2.24, 2.45) is 0 Å². The third kappa shape index (κ3) is 4.51. The second-order valence-corrected chi connectivity index (χ2v) is 6.28. The second kappa shape index (κ2) is 7.52. The molecule has 4 nitrogen and oxygen atoms in total. The Morgan fingerprint density at radius 2 is 2.14 bits per heavy atom. The van der Waals surface area contributed by atoms with Gasteiger partial charge in [0, 0.05) is 17.1 Å². The molecule has 0 unspecified atom stereocenters. The Labute approximate surface area is 133 Å². The average Bonchev–Trinajstić information content (AvgIpc) is 2.93. The fraction of sp³-hybridized carbons (Fsp3) is 0.333. The third-order valence-electron chi connectivity index (χ3n) is 2.81. The Balaban J connectivity index is 2.00. The van der Waals surface area contributed by atoms with E-state index in [4.69, 9.17) is 16.0 Å². The number of hydrogen-bond donors (Lipinski definition) is 1. The maximum atomic E-state index is 11.8. The van der Waals surface area contributed by atoms with E-state index < -0.39 is 0 Å². The molecule has 1 heterocycles. The Morgan fingerprint density at radius 3 is 2.81 bits per heavy atom. The summed E-state index contributed by atoms with van der Waals surface area (Å²) in [5, 5.41) is 3.77. The topological polar surface area (TPSA) is 55.1 Å². The van der Waals surface area contributed by atoms with Crippen LogP contribution in [-0.2, 0) is 4.79 Å². The predicted molar refractivity (Wildman–Crippen MR) is 85.6 cm³/mol. The zero-order chi connectivity index (χ0) is 15.2. The number of carbonyl (C=O) groups is 1. The molecule has 2 rings (SSSR count). The zero-order valence-corrected chi connectivity index (χ0v) is 13.5. The van der Waals surface area contributed by atoms with Crippen molar-refractivity contribution in [2.75, 3.05) is 6.54 Å². The van der Waals surface area contributed by atoms with Crippen molar-refractivity contribution in [3.8, 4) is 11.3 Å². The van der Waals surface area contributed by atoms with Crippen LogP contribution in [0.3, 0.4) is 0 Å². The summed E-state index contributed by atoms with van der Waals surface area (Å²) >= 11 is 7.16. The first-order chi connectivity index (χ1) is 10.1. The second-order valence-electron chi connectivity index (χ2n) is 4.55. The van der Waals surface area contributed by atoms with Crippen LogP contribution in [0.5, 0.6) is 0 Å². The van der Waals surface area contributed by atoms with Crippen LogP contribution in [0.15, 0.2) is 40.1 Å². The maximum Gasteiger partial charge on any atom is 0.256 e. The molecule has 0 bridgehead atoms. The minimum absolute atomic E-state index is 0.00640. The van der Waals surface area contributed by atoms with E-state index in [1.54, 1.807) is 18.3 Å². The number of carbonyl (C=O) groups excluding carboxylic acids is 1. The molecule has 0 aliphatic heterocycles. The standard InChI is InChI=1S/C15H17ClN2O2S/c1-3-8-17-14(19)10(2)21-15-18-9-13(20-15)11-4-6-12(16)7-5-11/h4-7,9-10H,3,8H2,1-2H3,(H,17,19)/t10-/m0/s1. The number of oxazole rings is 1. The van der Waals surface area contributed by atoms with Crippen LogP contribution in [0.1, 0.15) is 20.3 Å². The van der Waals surface area contributed by atoms with Gasteiger partial charge in [-0.3, -0.25) is 4.79 Å². The van der Waals surface area contributed by atoms with Gasteiger partial charge in [0.05, 0.1) is 11.4 Å². The van der Waals surface area contributed by atoms with E-state index in [0.29, 0.717) is 22.6 Å². The number of halogens is 1. The summed E-state index contributed by atoms with van der Waals surface area (Å²) in [5.41, 5.74) is 0.904. The van der Waals surface area contributed by atoms with Gasteiger partial charge in [0.15, 0.2) is 5.76 Å². The van der Waals surface area contributed by atoms with Gasteiger partial charge >= 0.3 is 0 Å². The molecular weight excluding hydrogens is 308 g/mol. The molecule has 6 heteroatoms. The first-order valence-electron chi connectivity index (χ1n) is 6.76. The Kier molecular flexibility index (Phi) is 5.70. The highest BCUT2D eigenvalue weighted by molar-refractivity contribution is 8.00. The third-order valence-corrected chi connectivity index (χ3v) is 4.02. The van der Waals surface area contributed by atoms with Crippen molar-refractivity contribution >= 4 is 29.3 Å². The molecule has 0 saturated heterocycles. The average molecular weight is 325 g/mol. The van der Waals surface area contributed by atoms with E-state index in [1.807, 2.05) is 26.0 Å².